The SMILES string of the molecule is CC(Cc1c(F)cccc1F)NC(=O)c1csc(-c2ccccn2)n1. The third-order valence-electron chi connectivity index (χ3n) is 3.57. The zero-order valence-corrected chi connectivity index (χ0v) is 14.2. The maximum absolute atomic E-state index is 13.7. The van der Waals surface area contributed by atoms with E-state index in [1.165, 1.54) is 29.5 Å². The van der Waals surface area contributed by atoms with Gasteiger partial charge in [-0.2, -0.15) is 0 Å². The van der Waals surface area contributed by atoms with Crippen LogP contribution < -0.4 is 5.32 Å². The van der Waals surface area contributed by atoms with Crippen molar-refractivity contribution in [3.8, 4) is 10.7 Å². The van der Waals surface area contributed by atoms with Gasteiger partial charge in [-0.1, -0.05) is 12.1 Å². The van der Waals surface area contributed by atoms with Crippen LogP contribution in [-0.4, -0.2) is 21.9 Å². The average Bonchev–Trinajstić information content (AvgIpc) is 3.09. The number of rotatable bonds is 5. The van der Waals surface area contributed by atoms with E-state index in [0.717, 1.165) is 0 Å². The number of nitrogens with one attached hydrogen (secondary N) is 1. The van der Waals surface area contributed by atoms with Crippen molar-refractivity contribution in [3.05, 3.63) is 70.9 Å². The van der Waals surface area contributed by atoms with Gasteiger partial charge in [0.2, 0.25) is 0 Å². The molecule has 0 aliphatic rings. The molecule has 0 fully saturated rings. The highest BCUT2D eigenvalue weighted by Crippen LogP contribution is 2.21. The van der Waals surface area contributed by atoms with Gasteiger partial charge in [0, 0.05) is 23.2 Å². The number of aromatic nitrogens is 2. The van der Waals surface area contributed by atoms with Crippen molar-refractivity contribution in [3.63, 3.8) is 0 Å². The van der Waals surface area contributed by atoms with Crippen molar-refractivity contribution < 1.29 is 13.6 Å². The average molecular weight is 359 g/mol. The van der Waals surface area contributed by atoms with E-state index >= 15 is 0 Å². The lowest BCUT2D eigenvalue weighted by Crippen LogP contribution is -2.34. The van der Waals surface area contributed by atoms with Gasteiger partial charge in [-0.3, -0.25) is 9.78 Å². The Morgan fingerprint density at radius 3 is 2.64 bits per heavy atom. The summed E-state index contributed by atoms with van der Waals surface area (Å²) in [6, 6.07) is 8.72. The summed E-state index contributed by atoms with van der Waals surface area (Å²) in [6.07, 6.45) is 1.71. The molecule has 0 aliphatic heterocycles. The van der Waals surface area contributed by atoms with E-state index in [-0.39, 0.29) is 23.6 Å². The Morgan fingerprint density at radius 1 is 1.20 bits per heavy atom. The molecule has 4 nitrogen and oxygen atoms in total. The first kappa shape index (κ1) is 17.2. The summed E-state index contributed by atoms with van der Waals surface area (Å²) in [6.45, 7) is 1.69. The second kappa shape index (κ2) is 7.48. The Morgan fingerprint density at radius 2 is 1.96 bits per heavy atom. The molecule has 0 aliphatic carbocycles. The van der Waals surface area contributed by atoms with Crippen LogP contribution in [0.1, 0.15) is 23.0 Å². The molecule has 25 heavy (non-hydrogen) atoms. The Kier molecular flexibility index (Phi) is 5.14. The molecule has 0 saturated heterocycles. The summed E-state index contributed by atoms with van der Waals surface area (Å²) >= 11 is 1.31. The molecule has 128 valence electrons. The lowest BCUT2D eigenvalue weighted by atomic mass is 10.1. The molecule has 0 saturated carbocycles. The predicted molar refractivity (Wildman–Crippen MR) is 92.3 cm³/mol. The van der Waals surface area contributed by atoms with Crippen molar-refractivity contribution >= 4 is 17.2 Å². The summed E-state index contributed by atoms with van der Waals surface area (Å²) in [5.74, 6) is -1.62. The van der Waals surface area contributed by atoms with Gasteiger partial charge in [0.1, 0.15) is 22.3 Å². The fourth-order valence-electron chi connectivity index (χ4n) is 2.37. The van der Waals surface area contributed by atoms with Crippen LogP contribution in [0.2, 0.25) is 0 Å². The molecule has 3 rings (SSSR count). The summed E-state index contributed by atoms with van der Waals surface area (Å²) in [7, 11) is 0. The Bertz CT molecular complexity index is 863. The summed E-state index contributed by atoms with van der Waals surface area (Å²) in [5.41, 5.74) is 0.905. The molecule has 0 spiro atoms. The van der Waals surface area contributed by atoms with Gasteiger partial charge in [0.25, 0.3) is 5.91 Å². The fraction of sp³-hybridized carbons (Fsp3) is 0.167. The van der Waals surface area contributed by atoms with Crippen LogP contribution in [0.5, 0.6) is 0 Å². The molecule has 0 radical (unpaired) electrons. The van der Waals surface area contributed by atoms with Gasteiger partial charge in [-0.25, -0.2) is 13.8 Å². The van der Waals surface area contributed by atoms with Crippen LogP contribution in [-0.2, 0) is 6.42 Å². The van der Waals surface area contributed by atoms with Crippen LogP contribution in [0.15, 0.2) is 48.0 Å². The predicted octanol–water partition coefficient (Wildman–Crippen LogP) is 3.84. The van der Waals surface area contributed by atoms with E-state index in [9.17, 15) is 13.6 Å². The van der Waals surface area contributed by atoms with Crippen molar-refractivity contribution in [1.29, 1.82) is 0 Å². The van der Waals surface area contributed by atoms with Crippen molar-refractivity contribution in [2.45, 2.75) is 19.4 Å². The highest BCUT2D eigenvalue weighted by atomic mass is 32.1. The normalized spacial score (nSPS) is 12.0. The molecule has 2 heterocycles. The third kappa shape index (κ3) is 4.06. The molecule has 7 heteroatoms. The smallest absolute Gasteiger partial charge is 0.270 e. The largest absolute Gasteiger partial charge is 0.348 e. The molecule has 3 aromatic rings. The molecule has 1 unspecified atom stereocenters. The lowest BCUT2D eigenvalue weighted by Gasteiger charge is -2.14. The maximum Gasteiger partial charge on any atom is 0.270 e. The number of nitrogens with zero attached hydrogens (tertiary/aromatic N) is 2. The number of thiazole rings is 1. The van der Waals surface area contributed by atoms with Gasteiger partial charge in [0.15, 0.2) is 0 Å². The van der Waals surface area contributed by atoms with Crippen LogP contribution in [0.3, 0.4) is 0 Å². The minimum Gasteiger partial charge on any atom is -0.348 e. The van der Waals surface area contributed by atoms with Gasteiger partial charge in [-0.05, 0) is 37.6 Å². The molecule has 1 atom stereocenters. The molecular formula is C18H15F2N3OS. The minimum atomic E-state index is -0.618. The van der Waals surface area contributed by atoms with E-state index in [2.05, 4.69) is 15.3 Å². The molecular weight excluding hydrogens is 344 g/mol. The highest BCUT2D eigenvalue weighted by Gasteiger charge is 2.17. The Labute approximate surface area is 147 Å². The number of hydrogen-bond donors (Lipinski definition) is 1. The van der Waals surface area contributed by atoms with Crippen molar-refractivity contribution in [1.82, 2.24) is 15.3 Å². The second-order valence-electron chi connectivity index (χ2n) is 5.53. The fourth-order valence-corrected chi connectivity index (χ4v) is 3.14. The Hall–Kier alpha value is -2.67. The number of amides is 1. The molecule has 1 amide bonds. The number of pyridine rings is 1. The van der Waals surface area contributed by atoms with Gasteiger partial charge < -0.3 is 5.32 Å². The van der Waals surface area contributed by atoms with Gasteiger partial charge in [-0.15, -0.1) is 11.3 Å². The number of benzene rings is 1. The van der Waals surface area contributed by atoms with E-state index in [0.29, 0.717) is 10.7 Å². The first-order chi connectivity index (χ1) is 12.0. The van der Waals surface area contributed by atoms with E-state index in [4.69, 9.17) is 0 Å². The number of carbonyl (C=O) groups is 1. The standard InChI is InChI=1S/C18H15F2N3OS/c1-11(9-12-13(19)5-4-6-14(12)20)22-17(24)16-10-25-18(23-16)15-7-2-3-8-21-15/h2-8,10-11H,9H2,1H3,(H,22,24). The first-order valence-corrected chi connectivity index (χ1v) is 8.53. The Balaban J connectivity index is 1.67. The zero-order valence-electron chi connectivity index (χ0n) is 13.4. The molecule has 1 aromatic carbocycles. The molecule has 1 N–H and O–H groups in total. The summed E-state index contributed by atoms with van der Waals surface area (Å²) < 4.78 is 27.4. The zero-order chi connectivity index (χ0) is 17.8. The van der Waals surface area contributed by atoms with E-state index < -0.39 is 17.7 Å². The summed E-state index contributed by atoms with van der Waals surface area (Å²) in [5, 5.41) is 4.99. The van der Waals surface area contributed by atoms with Crippen LogP contribution in [0.4, 0.5) is 8.78 Å². The van der Waals surface area contributed by atoms with Gasteiger partial charge in [0.05, 0.1) is 5.69 Å². The maximum atomic E-state index is 13.7. The number of hydrogen-bond acceptors (Lipinski definition) is 4. The van der Waals surface area contributed by atoms with Crippen LogP contribution >= 0.6 is 11.3 Å². The van der Waals surface area contributed by atoms with Crippen molar-refractivity contribution in [2.75, 3.05) is 0 Å². The number of halogens is 2. The monoisotopic (exact) mass is 359 g/mol. The van der Waals surface area contributed by atoms with Crippen LogP contribution in [0.25, 0.3) is 10.7 Å². The van der Waals surface area contributed by atoms with E-state index in [1.807, 2.05) is 12.1 Å². The molecule has 0 bridgehead atoms. The first-order valence-electron chi connectivity index (χ1n) is 7.65. The van der Waals surface area contributed by atoms with Crippen LogP contribution in [0, 0.1) is 11.6 Å². The second-order valence-corrected chi connectivity index (χ2v) is 6.39. The van der Waals surface area contributed by atoms with Crippen molar-refractivity contribution in [2.24, 2.45) is 0 Å². The lowest BCUT2D eigenvalue weighted by molar-refractivity contribution is 0.0935. The van der Waals surface area contributed by atoms with E-state index in [1.54, 1.807) is 24.6 Å². The topological polar surface area (TPSA) is 54.9 Å². The third-order valence-corrected chi connectivity index (χ3v) is 4.44. The highest BCUT2D eigenvalue weighted by molar-refractivity contribution is 7.13. The summed E-state index contributed by atoms with van der Waals surface area (Å²) in [4.78, 5) is 20.7. The number of carbonyl (C=O) groups excluding carboxylic acids is 1. The van der Waals surface area contributed by atoms with Gasteiger partial charge >= 0.3 is 0 Å². The molecule has 2 aromatic heterocycles. The quantitative estimate of drug-likeness (QED) is 0.753. The minimum absolute atomic E-state index is 0.0391.